The predicted molar refractivity (Wildman–Crippen MR) is 73.3 cm³/mol. The molecular formula is C16H20O3. The summed E-state index contributed by atoms with van der Waals surface area (Å²) < 4.78 is 4.83. The van der Waals surface area contributed by atoms with Gasteiger partial charge >= 0.3 is 5.97 Å². The van der Waals surface area contributed by atoms with Gasteiger partial charge in [-0.25, -0.2) is 0 Å². The number of rotatable bonds is 5. The van der Waals surface area contributed by atoms with Gasteiger partial charge in [0.2, 0.25) is 0 Å². The molecule has 19 heavy (non-hydrogen) atoms. The van der Waals surface area contributed by atoms with Crippen LogP contribution in [0, 0.1) is 0 Å². The first-order valence-corrected chi connectivity index (χ1v) is 7.01. The number of Topliss-reactive ketones (excluding diaryl/α,β-unsaturated/α-hetero) is 1. The monoisotopic (exact) mass is 260 g/mol. The van der Waals surface area contributed by atoms with Crippen LogP contribution < -0.4 is 0 Å². The van der Waals surface area contributed by atoms with Gasteiger partial charge in [0.1, 0.15) is 0 Å². The number of ketones is 1. The molecule has 0 saturated carbocycles. The van der Waals surface area contributed by atoms with Crippen LogP contribution in [0.1, 0.15) is 54.1 Å². The number of ether oxygens (including phenoxy) is 1. The summed E-state index contributed by atoms with van der Waals surface area (Å²) in [6.45, 7) is 2.13. The Hall–Kier alpha value is -1.64. The highest BCUT2D eigenvalue weighted by Crippen LogP contribution is 2.22. The van der Waals surface area contributed by atoms with E-state index in [2.05, 4.69) is 6.07 Å². The molecule has 0 unspecified atom stereocenters. The van der Waals surface area contributed by atoms with Crippen LogP contribution in [0.15, 0.2) is 18.2 Å². The Bertz CT molecular complexity index is 477. The predicted octanol–water partition coefficient (Wildman–Crippen LogP) is 3.09. The number of fused-ring (bicyclic) bond motifs is 1. The molecule has 0 fully saturated rings. The molecule has 102 valence electrons. The molecule has 2 rings (SSSR count). The summed E-state index contributed by atoms with van der Waals surface area (Å²) in [5.74, 6) is -0.268. The summed E-state index contributed by atoms with van der Waals surface area (Å²) in [7, 11) is 0. The van der Waals surface area contributed by atoms with Crippen molar-refractivity contribution < 1.29 is 14.3 Å². The third-order valence-corrected chi connectivity index (χ3v) is 3.53. The summed E-state index contributed by atoms with van der Waals surface area (Å²) >= 11 is 0. The second-order valence-electron chi connectivity index (χ2n) is 4.92. The number of carbonyl (C=O) groups is 2. The zero-order valence-corrected chi connectivity index (χ0v) is 11.4. The smallest absolute Gasteiger partial charge is 0.306 e. The molecule has 1 aliphatic rings. The number of hydrogen-bond acceptors (Lipinski definition) is 3. The Balaban J connectivity index is 1.97. The van der Waals surface area contributed by atoms with Gasteiger partial charge in [0.25, 0.3) is 0 Å². The minimum absolute atomic E-state index is 0.0291. The number of aryl methyl sites for hydroxylation is 2. The maximum Gasteiger partial charge on any atom is 0.306 e. The first-order valence-electron chi connectivity index (χ1n) is 7.01. The quantitative estimate of drug-likeness (QED) is 0.603. The van der Waals surface area contributed by atoms with Crippen LogP contribution in [0.5, 0.6) is 0 Å². The van der Waals surface area contributed by atoms with Crippen molar-refractivity contribution in [1.29, 1.82) is 0 Å². The fourth-order valence-corrected chi connectivity index (χ4v) is 2.50. The van der Waals surface area contributed by atoms with E-state index in [0.717, 1.165) is 18.4 Å². The van der Waals surface area contributed by atoms with Gasteiger partial charge in [-0.1, -0.05) is 12.1 Å². The molecule has 0 N–H and O–H groups in total. The lowest BCUT2D eigenvalue weighted by molar-refractivity contribution is -0.143. The Labute approximate surface area is 114 Å². The first-order chi connectivity index (χ1) is 9.20. The third-order valence-electron chi connectivity index (χ3n) is 3.53. The van der Waals surface area contributed by atoms with Crippen molar-refractivity contribution in [3.8, 4) is 0 Å². The standard InChI is InChI=1S/C16H20O3/c1-2-19-16(18)10-9-15(17)14-8-7-12-5-3-4-6-13(12)11-14/h7-8,11H,2-6,9-10H2,1H3. The van der Waals surface area contributed by atoms with Crippen LogP contribution in [0.25, 0.3) is 0 Å². The molecule has 1 aliphatic carbocycles. The molecule has 0 saturated heterocycles. The lowest BCUT2D eigenvalue weighted by atomic mass is 9.89. The highest BCUT2D eigenvalue weighted by atomic mass is 16.5. The lowest BCUT2D eigenvalue weighted by Gasteiger charge is -2.16. The van der Waals surface area contributed by atoms with E-state index in [1.165, 1.54) is 24.0 Å². The van der Waals surface area contributed by atoms with Crippen molar-refractivity contribution in [3.05, 3.63) is 34.9 Å². The average Bonchev–Trinajstić information content (AvgIpc) is 2.44. The van der Waals surface area contributed by atoms with Crippen molar-refractivity contribution in [1.82, 2.24) is 0 Å². The van der Waals surface area contributed by atoms with Crippen molar-refractivity contribution >= 4 is 11.8 Å². The summed E-state index contributed by atoms with van der Waals surface area (Å²) in [6, 6.07) is 5.95. The van der Waals surface area contributed by atoms with Gasteiger partial charge < -0.3 is 4.74 Å². The highest BCUT2D eigenvalue weighted by molar-refractivity contribution is 5.97. The van der Waals surface area contributed by atoms with E-state index in [9.17, 15) is 9.59 Å². The van der Waals surface area contributed by atoms with E-state index in [1.807, 2.05) is 12.1 Å². The van der Waals surface area contributed by atoms with Crippen LogP contribution in [0.2, 0.25) is 0 Å². The SMILES string of the molecule is CCOC(=O)CCC(=O)c1ccc2c(c1)CCCC2. The molecule has 1 aromatic rings. The minimum atomic E-state index is -0.297. The van der Waals surface area contributed by atoms with Crippen LogP contribution in [-0.2, 0) is 22.4 Å². The average molecular weight is 260 g/mol. The zero-order valence-electron chi connectivity index (χ0n) is 11.4. The minimum Gasteiger partial charge on any atom is -0.466 e. The molecule has 0 amide bonds. The van der Waals surface area contributed by atoms with E-state index in [0.29, 0.717) is 6.61 Å². The fraction of sp³-hybridized carbons (Fsp3) is 0.500. The molecule has 0 spiro atoms. The van der Waals surface area contributed by atoms with E-state index < -0.39 is 0 Å². The normalized spacial score (nSPS) is 13.7. The molecule has 0 heterocycles. The Kier molecular flexibility index (Phi) is 4.72. The van der Waals surface area contributed by atoms with Gasteiger partial charge in [-0.3, -0.25) is 9.59 Å². The van der Waals surface area contributed by atoms with Crippen molar-refractivity contribution in [2.45, 2.75) is 45.4 Å². The maximum atomic E-state index is 12.0. The topological polar surface area (TPSA) is 43.4 Å². The third kappa shape index (κ3) is 3.66. The van der Waals surface area contributed by atoms with E-state index in [-0.39, 0.29) is 24.6 Å². The summed E-state index contributed by atoms with van der Waals surface area (Å²) in [5.41, 5.74) is 3.39. The van der Waals surface area contributed by atoms with E-state index in [1.54, 1.807) is 6.92 Å². The van der Waals surface area contributed by atoms with Crippen molar-refractivity contribution in [3.63, 3.8) is 0 Å². The number of carbonyl (C=O) groups excluding carboxylic acids is 2. The fourth-order valence-electron chi connectivity index (χ4n) is 2.50. The molecule has 0 bridgehead atoms. The van der Waals surface area contributed by atoms with Crippen LogP contribution in [0.3, 0.4) is 0 Å². The van der Waals surface area contributed by atoms with E-state index >= 15 is 0 Å². The van der Waals surface area contributed by atoms with Gasteiger partial charge in [-0.15, -0.1) is 0 Å². The summed E-state index contributed by atoms with van der Waals surface area (Å²) in [5, 5.41) is 0. The van der Waals surface area contributed by atoms with Crippen LogP contribution in [-0.4, -0.2) is 18.4 Å². The largest absolute Gasteiger partial charge is 0.466 e. The van der Waals surface area contributed by atoms with Crippen molar-refractivity contribution in [2.75, 3.05) is 6.61 Å². The summed E-state index contributed by atoms with van der Waals surface area (Å²) in [6.07, 6.45) is 5.03. The number of benzene rings is 1. The van der Waals surface area contributed by atoms with Gasteiger partial charge in [0.15, 0.2) is 5.78 Å². The first kappa shape index (κ1) is 13.8. The Morgan fingerprint density at radius 2 is 1.84 bits per heavy atom. The Morgan fingerprint density at radius 3 is 2.58 bits per heavy atom. The van der Waals surface area contributed by atoms with Gasteiger partial charge in [-0.2, -0.15) is 0 Å². The molecule has 0 atom stereocenters. The Morgan fingerprint density at radius 1 is 1.11 bits per heavy atom. The second kappa shape index (κ2) is 6.50. The van der Waals surface area contributed by atoms with Gasteiger partial charge in [0, 0.05) is 12.0 Å². The highest BCUT2D eigenvalue weighted by Gasteiger charge is 2.14. The molecule has 3 heteroatoms. The molecule has 0 radical (unpaired) electrons. The lowest BCUT2D eigenvalue weighted by Crippen LogP contribution is -2.09. The van der Waals surface area contributed by atoms with Crippen LogP contribution in [0.4, 0.5) is 0 Å². The van der Waals surface area contributed by atoms with E-state index in [4.69, 9.17) is 4.74 Å². The molecule has 3 nitrogen and oxygen atoms in total. The number of hydrogen-bond donors (Lipinski definition) is 0. The van der Waals surface area contributed by atoms with Gasteiger partial charge in [-0.05, 0) is 49.8 Å². The summed E-state index contributed by atoms with van der Waals surface area (Å²) in [4.78, 5) is 23.3. The van der Waals surface area contributed by atoms with Crippen LogP contribution >= 0.6 is 0 Å². The second-order valence-corrected chi connectivity index (χ2v) is 4.92. The van der Waals surface area contributed by atoms with Gasteiger partial charge in [0.05, 0.1) is 13.0 Å². The molecule has 0 aliphatic heterocycles. The van der Waals surface area contributed by atoms with Crippen molar-refractivity contribution in [2.24, 2.45) is 0 Å². The molecular weight excluding hydrogens is 240 g/mol. The molecule has 0 aromatic heterocycles. The zero-order chi connectivity index (χ0) is 13.7. The maximum absolute atomic E-state index is 12.0. The number of esters is 1. The molecule has 1 aromatic carbocycles.